The monoisotopic (exact) mass is 354 g/mol. The molecule has 2 amide bonds. The van der Waals surface area contributed by atoms with Crippen LogP contribution in [0.2, 0.25) is 0 Å². The van der Waals surface area contributed by atoms with Crippen molar-refractivity contribution in [2.24, 2.45) is 0 Å². The van der Waals surface area contributed by atoms with Gasteiger partial charge < -0.3 is 10.1 Å². The van der Waals surface area contributed by atoms with Crippen molar-refractivity contribution in [3.63, 3.8) is 0 Å². The van der Waals surface area contributed by atoms with E-state index in [2.05, 4.69) is 5.32 Å². The van der Waals surface area contributed by atoms with E-state index in [9.17, 15) is 14.0 Å². The molecular weight excluding hydrogens is 335 g/mol. The van der Waals surface area contributed by atoms with Crippen LogP contribution in [0.5, 0.6) is 0 Å². The Morgan fingerprint density at radius 1 is 1.15 bits per heavy atom. The normalized spacial score (nSPS) is 17.1. The number of halogens is 1. The second kappa shape index (κ2) is 7.39. The number of hydrogen-bond acceptors (Lipinski definition) is 3. The molecule has 5 nitrogen and oxygen atoms in total. The first-order valence-electron chi connectivity index (χ1n) is 8.32. The second-order valence-electron chi connectivity index (χ2n) is 5.82. The molecule has 1 aliphatic heterocycles. The van der Waals surface area contributed by atoms with Crippen LogP contribution in [-0.4, -0.2) is 18.6 Å². The standard InChI is InChI=1S/C20H19FN2O3/c1-3-26-19(24)17-13(2)23(16-7-5-4-6-8-16)20(25)22-18(17)14-9-11-15(21)12-10-14/h4-12,18H,3H2,1-2H3,(H,22,25)/t18-/m1/s1. The third-order valence-corrected chi connectivity index (χ3v) is 4.20. The molecule has 0 bridgehead atoms. The summed E-state index contributed by atoms with van der Waals surface area (Å²) in [7, 11) is 0. The first kappa shape index (κ1) is 17.7. The molecule has 1 aliphatic rings. The maximum atomic E-state index is 13.3. The van der Waals surface area contributed by atoms with E-state index < -0.39 is 12.0 Å². The van der Waals surface area contributed by atoms with Crippen molar-refractivity contribution in [1.29, 1.82) is 0 Å². The molecule has 6 heteroatoms. The van der Waals surface area contributed by atoms with Gasteiger partial charge in [0.15, 0.2) is 0 Å². The SMILES string of the molecule is CCOC(=O)C1=C(C)N(c2ccccc2)C(=O)N[C@@H]1c1ccc(F)cc1. The largest absolute Gasteiger partial charge is 0.463 e. The van der Waals surface area contributed by atoms with E-state index in [0.717, 1.165) is 0 Å². The molecule has 0 aliphatic carbocycles. The van der Waals surface area contributed by atoms with Crippen molar-refractivity contribution < 1.29 is 18.7 Å². The molecule has 0 spiro atoms. The highest BCUT2D eigenvalue weighted by Gasteiger charge is 2.37. The van der Waals surface area contributed by atoms with Crippen LogP contribution in [0.15, 0.2) is 65.9 Å². The van der Waals surface area contributed by atoms with Crippen LogP contribution in [-0.2, 0) is 9.53 Å². The number of urea groups is 1. The minimum absolute atomic E-state index is 0.213. The van der Waals surface area contributed by atoms with Gasteiger partial charge in [0.05, 0.1) is 23.9 Å². The first-order chi connectivity index (χ1) is 12.5. The molecule has 0 aromatic heterocycles. The number of para-hydroxylation sites is 1. The van der Waals surface area contributed by atoms with Gasteiger partial charge in [-0.25, -0.2) is 14.0 Å². The number of esters is 1. The van der Waals surface area contributed by atoms with Gasteiger partial charge in [0.1, 0.15) is 5.82 Å². The lowest BCUT2D eigenvalue weighted by Gasteiger charge is -2.35. The molecule has 26 heavy (non-hydrogen) atoms. The van der Waals surface area contributed by atoms with E-state index in [1.54, 1.807) is 38.1 Å². The van der Waals surface area contributed by atoms with Gasteiger partial charge in [-0.3, -0.25) is 4.90 Å². The number of nitrogens with zero attached hydrogens (tertiary/aromatic N) is 1. The Kier molecular flexibility index (Phi) is 5.02. The van der Waals surface area contributed by atoms with Crippen LogP contribution >= 0.6 is 0 Å². The van der Waals surface area contributed by atoms with Crippen molar-refractivity contribution >= 4 is 17.7 Å². The van der Waals surface area contributed by atoms with Crippen LogP contribution in [0, 0.1) is 5.82 Å². The lowest BCUT2D eigenvalue weighted by atomic mass is 9.94. The molecule has 1 heterocycles. The molecule has 3 rings (SSSR count). The quantitative estimate of drug-likeness (QED) is 0.846. The Morgan fingerprint density at radius 3 is 2.42 bits per heavy atom. The lowest BCUT2D eigenvalue weighted by molar-refractivity contribution is -0.139. The minimum atomic E-state index is -0.706. The van der Waals surface area contributed by atoms with Gasteiger partial charge in [-0.2, -0.15) is 0 Å². The van der Waals surface area contributed by atoms with Crippen LogP contribution in [0.1, 0.15) is 25.5 Å². The van der Waals surface area contributed by atoms with Gasteiger partial charge in [-0.05, 0) is 43.7 Å². The number of carbonyl (C=O) groups excluding carboxylic acids is 2. The number of nitrogens with one attached hydrogen (secondary N) is 1. The number of ether oxygens (including phenoxy) is 1. The molecule has 2 aromatic rings. The molecule has 0 saturated heterocycles. The summed E-state index contributed by atoms with van der Waals surface area (Å²) in [5, 5.41) is 2.83. The predicted octanol–water partition coefficient (Wildman–Crippen LogP) is 3.93. The van der Waals surface area contributed by atoms with Gasteiger partial charge in [-0.1, -0.05) is 30.3 Å². The summed E-state index contributed by atoms with van der Waals surface area (Å²) < 4.78 is 18.5. The minimum Gasteiger partial charge on any atom is -0.463 e. The number of carbonyl (C=O) groups is 2. The zero-order chi connectivity index (χ0) is 18.7. The van der Waals surface area contributed by atoms with E-state index in [1.165, 1.54) is 17.0 Å². The summed E-state index contributed by atoms with van der Waals surface area (Å²) in [4.78, 5) is 26.8. The van der Waals surface area contributed by atoms with Crippen molar-refractivity contribution in [3.05, 3.63) is 77.2 Å². The second-order valence-corrected chi connectivity index (χ2v) is 5.82. The van der Waals surface area contributed by atoms with E-state index >= 15 is 0 Å². The fraction of sp³-hybridized carbons (Fsp3) is 0.200. The Balaban J connectivity index is 2.11. The summed E-state index contributed by atoms with van der Waals surface area (Å²) in [5.74, 6) is -0.902. The van der Waals surface area contributed by atoms with Gasteiger partial charge >= 0.3 is 12.0 Å². The third-order valence-electron chi connectivity index (χ3n) is 4.20. The summed E-state index contributed by atoms with van der Waals surface area (Å²) in [6, 6.07) is 13.6. The Morgan fingerprint density at radius 2 is 1.81 bits per heavy atom. The predicted molar refractivity (Wildman–Crippen MR) is 95.9 cm³/mol. The van der Waals surface area contributed by atoms with Crippen molar-refractivity contribution in [2.45, 2.75) is 19.9 Å². The maximum Gasteiger partial charge on any atom is 0.338 e. The third kappa shape index (κ3) is 3.31. The molecule has 1 N–H and O–H groups in total. The van der Waals surface area contributed by atoms with Gasteiger partial charge in [0.2, 0.25) is 0 Å². The Bertz CT molecular complexity index is 847. The summed E-state index contributed by atoms with van der Waals surface area (Å²) in [6.07, 6.45) is 0. The molecule has 134 valence electrons. The van der Waals surface area contributed by atoms with E-state index in [-0.39, 0.29) is 18.5 Å². The van der Waals surface area contributed by atoms with Gasteiger partial charge in [0, 0.05) is 5.70 Å². The van der Waals surface area contributed by atoms with Crippen LogP contribution < -0.4 is 10.2 Å². The molecular formula is C20H19FN2O3. The topological polar surface area (TPSA) is 58.6 Å². The number of hydrogen-bond donors (Lipinski definition) is 1. The van der Waals surface area contributed by atoms with Crippen LogP contribution in [0.25, 0.3) is 0 Å². The molecule has 0 unspecified atom stereocenters. The molecule has 0 fully saturated rings. The van der Waals surface area contributed by atoms with Gasteiger partial charge in [-0.15, -0.1) is 0 Å². The van der Waals surface area contributed by atoms with Crippen molar-refractivity contribution in [1.82, 2.24) is 5.32 Å². The van der Waals surface area contributed by atoms with E-state index in [4.69, 9.17) is 4.74 Å². The zero-order valence-corrected chi connectivity index (χ0v) is 14.5. The molecule has 1 atom stereocenters. The smallest absolute Gasteiger partial charge is 0.338 e. The van der Waals surface area contributed by atoms with Crippen molar-refractivity contribution in [2.75, 3.05) is 11.5 Å². The van der Waals surface area contributed by atoms with E-state index in [1.807, 2.05) is 18.2 Å². The number of benzene rings is 2. The highest BCUT2D eigenvalue weighted by molar-refractivity contribution is 6.03. The average molecular weight is 354 g/mol. The lowest BCUT2D eigenvalue weighted by Crippen LogP contribution is -2.48. The fourth-order valence-electron chi connectivity index (χ4n) is 3.01. The summed E-state index contributed by atoms with van der Waals surface area (Å²) >= 11 is 0. The Hall–Kier alpha value is -3.15. The molecule has 0 radical (unpaired) electrons. The Labute approximate surface area is 151 Å². The first-order valence-corrected chi connectivity index (χ1v) is 8.32. The fourth-order valence-corrected chi connectivity index (χ4v) is 3.01. The number of amides is 2. The molecule has 2 aromatic carbocycles. The number of rotatable bonds is 4. The van der Waals surface area contributed by atoms with Gasteiger partial charge in [0.25, 0.3) is 0 Å². The summed E-state index contributed by atoms with van der Waals surface area (Å²) in [6.45, 7) is 3.64. The van der Waals surface area contributed by atoms with Crippen molar-refractivity contribution in [3.8, 4) is 0 Å². The highest BCUT2D eigenvalue weighted by Crippen LogP contribution is 2.34. The molecule has 0 saturated carbocycles. The highest BCUT2D eigenvalue weighted by atomic mass is 19.1. The van der Waals surface area contributed by atoms with E-state index in [0.29, 0.717) is 22.5 Å². The zero-order valence-electron chi connectivity index (χ0n) is 14.5. The maximum absolute atomic E-state index is 13.3. The van der Waals surface area contributed by atoms with Crippen LogP contribution in [0.4, 0.5) is 14.9 Å². The summed E-state index contributed by atoms with van der Waals surface area (Å²) in [5.41, 5.74) is 2.05. The average Bonchev–Trinajstić information content (AvgIpc) is 2.63. The number of anilines is 1. The number of allylic oxidation sites excluding steroid dienone is 1. The van der Waals surface area contributed by atoms with Crippen LogP contribution in [0.3, 0.4) is 0 Å².